The van der Waals surface area contributed by atoms with Gasteiger partial charge in [-0.05, 0) is 49.4 Å². The van der Waals surface area contributed by atoms with Gasteiger partial charge in [-0.15, -0.1) is 0 Å². The highest BCUT2D eigenvalue weighted by Gasteiger charge is 2.14. The number of benzene rings is 1. The molecule has 1 N–H and O–H groups in total. The number of ether oxygens (including phenoxy) is 1. The molecule has 2 nitrogen and oxygen atoms in total. The minimum absolute atomic E-state index is 0.128. The third-order valence-corrected chi connectivity index (χ3v) is 3.30. The lowest BCUT2D eigenvalue weighted by atomic mass is 10.1. The standard InChI is InChI=1S/C14H20FNO/c1-11-8-13(2-3-14(11)15)9-16-6-4-12-5-7-17-10-12/h2-3,8,12,16H,4-7,9-10H2,1H3. The number of hydrogen-bond acceptors (Lipinski definition) is 2. The van der Waals surface area contributed by atoms with E-state index in [9.17, 15) is 4.39 Å². The molecule has 0 aromatic heterocycles. The highest BCUT2D eigenvalue weighted by Crippen LogP contribution is 2.15. The molecule has 1 aromatic rings. The fourth-order valence-corrected chi connectivity index (χ4v) is 2.17. The van der Waals surface area contributed by atoms with Crippen molar-refractivity contribution in [1.29, 1.82) is 0 Å². The van der Waals surface area contributed by atoms with Gasteiger partial charge in [0.25, 0.3) is 0 Å². The van der Waals surface area contributed by atoms with E-state index in [0.717, 1.165) is 37.8 Å². The van der Waals surface area contributed by atoms with Crippen LogP contribution in [-0.4, -0.2) is 19.8 Å². The second-order valence-corrected chi connectivity index (χ2v) is 4.78. The van der Waals surface area contributed by atoms with Gasteiger partial charge in [0, 0.05) is 19.8 Å². The highest BCUT2D eigenvalue weighted by molar-refractivity contribution is 5.23. The van der Waals surface area contributed by atoms with Crippen molar-refractivity contribution in [2.24, 2.45) is 5.92 Å². The number of aryl methyl sites for hydroxylation is 1. The molecule has 0 bridgehead atoms. The zero-order valence-corrected chi connectivity index (χ0v) is 10.3. The molecule has 1 heterocycles. The molecule has 0 saturated carbocycles. The highest BCUT2D eigenvalue weighted by atomic mass is 19.1. The van der Waals surface area contributed by atoms with E-state index in [2.05, 4.69) is 5.32 Å². The topological polar surface area (TPSA) is 21.3 Å². The predicted molar refractivity (Wildman–Crippen MR) is 66.4 cm³/mol. The number of rotatable bonds is 5. The van der Waals surface area contributed by atoms with E-state index in [1.54, 1.807) is 6.92 Å². The summed E-state index contributed by atoms with van der Waals surface area (Å²) in [5, 5.41) is 3.40. The first-order valence-electron chi connectivity index (χ1n) is 6.29. The van der Waals surface area contributed by atoms with Gasteiger partial charge < -0.3 is 10.1 Å². The van der Waals surface area contributed by atoms with Gasteiger partial charge in [0.05, 0.1) is 0 Å². The molecular weight excluding hydrogens is 217 g/mol. The van der Waals surface area contributed by atoms with Gasteiger partial charge in [0.2, 0.25) is 0 Å². The van der Waals surface area contributed by atoms with E-state index >= 15 is 0 Å². The minimum Gasteiger partial charge on any atom is -0.381 e. The van der Waals surface area contributed by atoms with E-state index in [-0.39, 0.29) is 5.82 Å². The minimum atomic E-state index is -0.128. The summed E-state index contributed by atoms with van der Waals surface area (Å²) >= 11 is 0. The Balaban J connectivity index is 1.68. The average Bonchev–Trinajstić information content (AvgIpc) is 2.82. The van der Waals surface area contributed by atoms with Crippen molar-refractivity contribution in [2.75, 3.05) is 19.8 Å². The molecule has 1 saturated heterocycles. The van der Waals surface area contributed by atoms with Crippen molar-refractivity contribution in [3.63, 3.8) is 0 Å². The Kier molecular flexibility index (Phi) is 4.51. The largest absolute Gasteiger partial charge is 0.381 e. The maximum absolute atomic E-state index is 13.1. The van der Waals surface area contributed by atoms with Crippen molar-refractivity contribution in [3.05, 3.63) is 35.1 Å². The summed E-state index contributed by atoms with van der Waals surface area (Å²) in [4.78, 5) is 0. The Morgan fingerprint density at radius 2 is 2.35 bits per heavy atom. The molecule has 0 spiro atoms. The van der Waals surface area contributed by atoms with E-state index in [1.165, 1.54) is 18.9 Å². The summed E-state index contributed by atoms with van der Waals surface area (Å²) in [6.07, 6.45) is 2.36. The molecule has 1 atom stereocenters. The normalized spacial score (nSPS) is 19.8. The molecule has 0 radical (unpaired) electrons. The fourth-order valence-electron chi connectivity index (χ4n) is 2.17. The van der Waals surface area contributed by atoms with Gasteiger partial charge in [-0.2, -0.15) is 0 Å². The summed E-state index contributed by atoms with van der Waals surface area (Å²) in [6, 6.07) is 5.28. The molecule has 1 aliphatic rings. The van der Waals surface area contributed by atoms with Crippen LogP contribution in [-0.2, 0) is 11.3 Å². The predicted octanol–water partition coefficient (Wildman–Crippen LogP) is 2.65. The maximum Gasteiger partial charge on any atom is 0.126 e. The summed E-state index contributed by atoms with van der Waals surface area (Å²) < 4.78 is 18.4. The van der Waals surface area contributed by atoms with Crippen molar-refractivity contribution >= 4 is 0 Å². The van der Waals surface area contributed by atoms with Crippen LogP contribution in [0.15, 0.2) is 18.2 Å². The Morgan fingerprint density at radius 3 is 3.06 bits per heavy atom. The van der Waals surface area contributed by atoms with E-state index < -0.39 is 0 Å². The summed E-state index contributed by atoms with van der Waals surface area (Å²) in [6.45, 7) is 5.45. The second kappa shape index (κ2) is 6.12. The SMILES string of the molecule is Cc1cc(CNCCC2CCOC2)ccc1F. The van der Waals surface area contributed by atoms with Gasteiger partial charge in [0.15, 0.2) is 0 Å². The van der Waals surface area contributed by atoms with E-state index in [0.29, 0.717) is 5.56 Å². The molecule has 1 fully saturated rings. The van der Waals surface area contributed by atoms with E-state index in [1.807, 2.05) is 12.1 Å². The molecule has 0 amide bonds. The maximum atomic E-state index is 13.1. The van der Waals surface area contributed by atoms with Crippen LogP contribution in [0, 0.1) is 18.7 Å². The third-order valence-electron chi connectivity index (χ3n) is 3.30. The lowest BCUT2D eigenvalue weighted by molar-refractivity contribution is 0.184. The fraction of sp³-hybridized carbons (Fsp3) is 0.571. The van der Waals surface area contributed by atoms with Crippen LogP contribution < -0.4 is 5.32 Å². The van der Waals surface area contributed by atoms with Crippen LogP contribution in [0.25, 0.3) is 0 Å². The van der Waals surface area contributed by atoms with Crippen molar-refractivity contribution < 1.29 is 9.13 Å². The zero-order valence-electron chi connectivity index (χ0n) is 10.3. The number of hydrogen-bond donors (Lipinski definition) is 1. The smallest absolute Gasteiger partial charge is 0.126 e. The van der Waals surface area contributed by atoms with E-state index in [4.69, 9.17) is 4.74 Å². The molecule has 0 aliphatic carbocycles. The summed E-state index contributed by atoms with van der Waals surface area (Å²) in [7, 11) is 0. The van der Waals surface area contributed by atoms with Gasteiger partial charge in [0.1, 0.15) is 5.82 Å². The molecule has 2 rings (SSSR count). The Labute approximate surface area is 102 Å². The van der Waals surface area contributed by atoms with Gasteiger partial charge in [-0.1, -0.05) is 12.1 Å². The first kappa shape index (κ1) is 12.5. The molecule has 1 unspecified atom stereocenters. The quantitative estimate of drug-likeness (QED) is 0.795. The lowest BCUT2D eigenvalue weighted by Crippen LogP contribution is -2.18. The average molecular weight is 237 g/mol. The first-order chi connectivity index (χ1) is 8.25. The third kappa shape index (κ3) is 3.79. The van der Waals surface area contributed by atoms with Gasteiger partial charge in [-0.3, -0.25) is 0 Å². The summed E-state index contributed by atoms with van der Waals surface area (Å²) in [5.41, 5.74) is 1.86. The molecular formula is C14H20FNO. The van der Waals surface area contributed by atoms with Crippen LogP contribution in [0.3, 0.4) is 0 Å². The molecule has 94 valence electrons. The zero-order chi connectivity index (χ0) is 12.1. The number of halogens is 1. The van der Waals surface area contributed by atoms with Crippen molar-refractivity contribution in [1.82, 2.24) is 5.32 Å². The van der Waals surface area contributed by atoms with Crippen LogP contribution in [0.1, 0.15) is 24.0 Å². The van der Waals surface area contributed by atoms with Crippen LogP contribution >= 0.6 is 0 Å². The molecule has 1 aromatic carbocycles. The first-order valence-corrected chi connectivity index (χ1v) is 6.29. The second-order valence-electron chi connectivity index (χ2n) is 4.78. The van der Waals surface area contributed by atoms with Gasteiger partial charge >= 0.3 is 0 Å². The monoisotopic (exact) mass is 237 g/mol. The van der Waals surface area contributed by atoms with Crippen LogP contribution in [0.2, 0.25) is 0 Å². The van der Waals surface area contributed by atoms with Crippen molar-refractivity contribution in [2.45, 2.75) is 26.3 Å². The Morgan fingerprint density at radius 1 is 1.47 bits per heavy atom. The van der Waals surface area contributed by atoms with Crippen molar-refractivity contribution in [3.8, 4) is 0 Å². The Bertz CT molecular complexity index is 361. The molecule has 3 heteroatoms. The lowest BCUT2D eigenvalue weighted by Gasteiger charge is -2.09. The van der Waals surface area contributed by atoms with Gasteiger partial charge in [-0.25, -0.2) is 4.39 Å². The van der Waals surface area contributed by atoms with Crippen LogP contribution in [0.5, 0.6) is 0 Å². The molecule has 17 heavy (non-hydrogen) atoms. The van der Waals surface area contributed by atoms with Crippen LogP contribution in [0.4, 0.5) is 4.39 Å². The summed E-state index contributed by atoms with van der Waals surface area (Å²) in [5.74, 6) is 0.592. The Hall–Kier alpha value is -0.930. The molecule has 1 aliphatic heterocycles. The number of nitrogens with one attached hydrogen (secondary N) is 1.